The van der Waals surface area contributed by atoms with E-state index in [2.05, 4.69) is 50.5 Å². The molecule has 6 aromatic heterocycles. The highest BCUT2D eigenvalue weighted by Crippen LogP contribution is 2.31. The Hall–Kier alpha value is -5.56. The number of nitrogens with one attached hydrogen (secondary N) is 4. The quantitative estimate of drug-likeness (QED) is 0.0867. The first-order valence-corrected chi connectivity index (χ1v) is 20.1. The zero-order valence-electron chi connectivity index (χ0n) is 33.4. The van der Waals surface area contributed by atoms with Crippen LogP contribution in [-0.2, 0) is 9.59 Å². The van der Waals surface area contributed by atoms with E-state index in [-0.39, 0.29) is 29.6 Å². The zero-order chi connectivity index (χ0) is 42.9. The van der Waals surface area contributed by atoms with E-state index in [4.69, 9.17) is 28.9 Å². The largest absolute Gasteiger partial charge is 0.480 e. The van der Waals surface area contributed by atoms with Gasteiger partial charge in [-0.3, -0.25) is 19.4 Å². The van der Waals surface area contributed by atoms with Gasteiger partial charge in [-0.15, -0.1) is 0 Å². The van der Waals surface area contributed by atoms with Gasteiger partial charge in [-0.25, -0.2) is 38.7 Å². The molecule has 8 heterocycles. The smallest absolute Gasteiger partial charge is 0.323 e. The lowest BCUT2D eigenvalue weighted by Gasteiger charge is -2.41. The Morgan fingerprint density at radius 1 is 0.750 bits per heavy atom. The van der Waals surface area contributed by atoms with Crippen molar-refractivity contribution >= 4 is 68.8 Å². The summed E-state index contributed by atoms with van der Waals surface area (Å²) in [7, 11) is 0. The summed E-state index contributed by atoms with van der Waals surface area (Å²) < 4.78 is 29.0. The predicted molar refractivity (Wildman–Crippen MR) is 226 cm³/mol. The van der Waals surface area contributed by atoms with Crippen LogP contribution in [0.4, 0.5) is 20.4 Å². The van der Waals surface area contributed by atoms with E-state index in [1.54, 1.807) is 58.4 Å². The number of anilines is 2. The van der Waals surface area contributed by atoms with Crippen LogP contribution >= 0.6 is 23.2 Å². The van der Waals surface area contributed by atoms with Crippen molar-refractivity contribution < 1.29 is 23.5 Å². The number of pyridine rings is 2. The maximum absolute atomic E-state index is 14.5. The van der Waals surface area contributed by atoms with Crippen LogP contribution in [0.15, 0.2) is 49.3 Å². The number of hydrogen-bond acceptors (Lipinski definition) is 12. The van der Waals surface area contributed by atoms with Crippen molar-refractivity contribution in [2.45, 2.75) is 76.5 Å². The molecule has 2 fully saturated rings. The van der Waals surface area contributed by atoms with E-state index in [0.717, 1.165) is 55.4 Å². The standard InChI is InChI=1S/C20H23ClFN7O.C20H22ClFN6O2/c1-20(2,19(23)30)29-5-3-4-12(10-29)27-18-15(22)9-26-17(28-18)14-8-25-16-13(14)6-11(21)7-24-16;1-20(2,19(29)30)28-5-3-4-12(10-28)26-18-15(22)9-25-17(27-18)14-8-24-16-13(14)6-11(21)7-23-16/h6-9,12H,3-5,10H2,1-2H3,(H2,23,30)(H,24,25)(H,26,27,28);6-9,12H,3-5,10H2,1-2H3,(H,23,24)(H,29,30)(H,25,26,27). The average molecular weight is 865 g/mol. The molecule has 0 saturated carbocycles. The maximum Gasteiger partial charge on any atom is 0.323 e. The third kappa shape index (κ3) is 8.96. The van der Waals surface area contributed by atoms with Gasteiger partial charge in [0.15, 0.2) is 34.9 Å². The minimum absolute atomic E-state index is 0.0753. The molecule has 20 heteroatoms. The van der Waals surface area contributed by atoms with E-state index < -0.39 is 28.7 Å². The molecule has 1 amide bonds. The fourth-order valence-corrected chi connectivity index (χ4v) is 7.72. The van der Waals surface area contributed by atoms with Gasteiger partial charge < -0.3 is 31.4 Å². The van der Waals surface area contributed by atoms with Crippen molar-refractivity contribution in [1.29, 1.82) is 0 Å². The molecule has 2 aliphatic rings. The molecule has 2 unspecified atom stereocenters. The minimum Gasteiger partial charge on any atom is -0.480 e. The number of carboxylic acids is 1. The van der Waals surface area contributed by atoms with Gasteiger partial charge in [0.1, 0.15) is 16.8 Å². The van der Waals surface area contributed by atoms with E-state index in [1.165, 1.54) is 6.20 Å². The molecule has 6 aromatic rings. The summed E-state index contributed by atoms with van der Waals surface area (Å²) in [6, 6.07) is 3.31. The molecule has 0 bridgehead atoms. The highest BCUT2D eigenvalue weighted by molar-refractivity contribution is 6.31. The lowest BCUT2D eigenvalue weighted by molar-refractivity contribution is -0.150. The second kappa shape index (κ2) is 17.2. The minimum atomic E-state index is -0.994. The number of aromatic amines is 2. The molecule has 2 saturated heterocycles. The summed E-state index contributed by atoms with van der Waals surface area (Å²) in [4.78, 5) is 58.9. The molecule has 0 radical (unpaired) electrons. The third-order valence-electron chi connectivity index (χ3n) is 11.2. The normalized spacial score (nSPS) is 17.9. The predicted octanol–water partition coefficient (Wildman–Crippen LogP) is 6.50. The van der Waals surface area contributed by atoms with Crippen LogP contribution in [0.1, 0.15) is 53.4 Å². The van der Waals surface area contributed by atoms with Crippen LogP contribution < -0.4 is 16.4 Å². The second-order valence-corrected chi connectivity index (χ2v) is 16.8. The van der Waals surface area contributed by atoms with Crippen LogP contribution in [0.25, 0.3) is 44.8 Å². The van der Waals surface area contributed by atoms with Gasteiger partial charge in [0, 0.05) is 71.9 Å². The number of carbonyl (C=O) groups excluding carboxylic acids is 1. The van der Waals surface area contributed by atoms with Gasteiger partial charge in [-0.2, -0.15) is 0 Å². The van der Waals surface area contributed by atoms with E-state index in [9.17, 15) is 23.5 Å². The Kier molecular flexibility index (Phi) is 12.2. The Labute approximate surface area is 353 Å². The summed E-state index contributed by atoms with van der Waals surface area (Å²) in [5.74, 6) is -1.47. The number of piperidine rings is 2. The molecule has 7 N–H and O–H groups in total. The molecule has 0 spiro atoms. The van der Waals surface area contributed by atoms with Crippen LogP contribution in [0, 0.1) is 11.6 Å². The van der Waals surface area contributed by atoms with Gasteiger partial charge in [0.2, 0.25) is 5.91 Å². The maximum atomic E-state index is 14.5. The number of aliphatic carboxylic acids is 1. The number of H-pyrrole nitrogens is 2. The van der Waals surface area contributed by atoms with Crippen molar-refractivity contribution in [3.05, 3.63) is 71.0 Å². The van der Waals surface area contributed by atoms with Gasteiger partial charge in [-0.1, -0.05) is 23.2 Å². The van der Waals surface area contributed by atoms with Crippen molar-refractivity contribution in [1.82, 2.24) is 49.7 Å². The highest BCUT2D eigenvalue weighted by atomic mass is 35.5. The number of likely N-dealkylation sites (tertiary alicyclic amines) is 2. The van der Waals surface area contributed by atoms with Crippen LogP contribution in [0.5, 0.6) is 0 Å². The van der Waals surface area contributed by atoms with Gasteiger partial charge in [0.25, 0.3) is 0 Å². The van der Waals surface area contributed by atoms with Gasteiger partial charge in [0.05, 0.1) is 28.0 Å². The summed E-state index contributed by atoms with van der Waals surface area (Å²) in [5, 5.41) is 18.3. The fraction of sp³-hybridized carbons (Fsp3) is 0.400. The monoisotopic (exact) mass is 863 g/mol. The average Bonchev–Trinajstić information content (AvgIpc) is 3.84. The molecule has 316 valence electrons. The van der Waals surface area contributed by atoms with Crippen LogP contribution in [0.2, 0.25) is 10.0 Å². The van der Waals surface area contributed by atoms with Crippen molar-refractivity contribution in [3.63, 3.8) is 0 Å². The summed E-state index contributed by atoms with van der Waals surface area (Å²) in [6.07, 6.45) is 12.1. The summed E-state index contributed by atoms with van der Waals surface area (Å²) in [6.45, 7) is 9.43. The Balaban J connectivity index is 0.000000181. The van der Waals surface area contributed by atoms with E-state index in [0.29, 0.717) is 63.7 Å². The molecular formula is C40H45Cl2F2N13O3. The summed E-state index contributed by atoms with van der Waals surface area (Å²) >= 11 is 12.1. The molecule has 2 aliphatic heterocycles. The number of nitrogens with two attached hydrogens (primary N) is 1. The fourth-order valence-electron chi connectivity index (χ4n) is 7.41. The van der Waals surface area contributed by atoms with Gasteiger partial charge in [-0.05, 0) is 78.6 Å². The number of carboxylic acid groups (broad SMARTS) is 1. The topological polar surface area (TPSA) is 220 Å². The highest BCUT2D eigenvalue weighted by Gasteiger charge is 2.38. The molecule has 16 nitrogen and oxygen atoms in total. The number of hydrogen-bond donors (Lipinski definition) is 6. The number of amides is 1. The zero-order valence-corrected chi connectivity index (χ0v) is 34.9. The number of aromatic nitrogens is 8. The number of carbonyl (C=O) groups is 2. The summed E-state index contributed by atoms with van der Waals surface area (Å²) in [5.41, 5.74) is 6.42. The Bertz CT molecular complexity index is 2380. The molecule has 0 aliphatic carbocycles. The number of fused-ring (bicyclic) bond motifs is 2. The molecule has 60 heavy (non-hydrogen) atoms. The lowest BCUT2D eigenvalue weighted by Crippen LogP contribution is -2.58. The Morgan fingerprint density at radius 3 is 1.60 bits per heavy atom. The van der Waals surface area contributed by atoms with Crippen LogP contribution in [-0.4, -0.2) is 116 Å². The van der Waals surface area contributed by atoms with Gasteiger partial charge >= 0.3 is 5.97 Å². The Morgan fingerprint density at radius 2 is 1.18 bits per heavy atom. The molecule has 8 rings (SSSR count). The molecular weight excluding hydrogens is 819 g/mol. The lowest BCUT2D eigenvalue weighted by atomic mass is 9.96. The molecule has 0 aromatic carbocycles. The van der Waals surface area contributed by atoms with E-state index in [1.807, 2.05) is 9.80 Å². The van der Waals surface area contributed by atoms with Crippen molar-refractivity contribution in [2.75, 3.05) is 36.8 Å². The van der Waals surface area contributed by atoms with Crippen molar-refractivity contribution in [2.24, 2.45) is 5.73 Å². The van der Waals surface area contributed by atoms with E-state index >= 15 is 0 Å². The number of primary amides is 1. The SMILES string of the molecule is CC(C)(C(=O)O)N1CCCC(Nc2nc(-c3c[nH]c4ncc(Cl)cc34)ncc2F)C1.CC(C)(C(N)=O)N1CCCC(Nc2nc(-c3c[nH]c4ncc(Cl)cc34)ncc2F)C1. The second-order valence-electron chi connectivity index (χ2n) is 15.9. The third-order valence-corrected chi connectivity index (χ3v) is 11.6. The van der Waals surface area contributed by atoms with Crippen molar-refractivity contribution in [3.8, 4) is 22.8 Å². The first kappa shape index (κ1) is 42.6. The first-order valence-electron chi connectivity index (χ1n) is 19.4. The first-order chi connectivity index (χ1) is 28.5. The molecule has 2 atom stereocenters. The number of nitrogens with zero attached hydrogens (tertiary/aromatic N) is 8. The number of halogens is 4. The van der Waals surface area contributed by atoms with Crippen LogP contribution in [0.3, 0.4) is 0 Å². The number of rotatable bonds is 10.